The molecule has 2 aromatic rings. The number of rotatable bonds is 9. The zero-order valence-electron chi connectivity index (χ0n) is 15.7. The van der Waals surface area contributed by atoms with Crippen molar-refractivity contribution in [3.8, 4) is 5.88 Å². The maximum Gasteiger partial charge on any atom is 0.408 e. The molecule has 0 amide bonds. The zero-order chi connectivity index (χ0) is 21.7. The van der Waals surface area contributed by atoms with Crippen molar-refractivity contribution in [2.75, 3.05) is 12.9 Å². The van der Waals surface area contributed by atoms with Gasteiger partial charge in [0, 0.05) is 18.7 Å². The van der Waals surface area contributed by atoms with Crippen molar-refractivity contribution in [3.05, 3.63) is 59.5 Å². The van der Waals surface area contributed by atoms with Crippen LogP contribution < -0.4 is 14.8 Å². The van der Waals surface area contributed by atoms with Crippen LogP contribution in [0.25, 0.3) is 0 Å². The molecule has 0 fully saturated rings. The quantitative estimate of drug-likeness (QED) is 0.592. The predicted octanol–water partition coefficient (Wildman–Crippen LogP) is 2.93. The van der Waals surface area contributed by atoms with E-state index in [-0.39, 0.29) is 24.1 Å². The van der Waals surface area contributed by atoms with Gasteiger partial charge in [0.25, 0.3) is 0 Å². The van der Waals surface area contributed by atoms with Gasteiger partial charge in [-0.3, -0.25) is 0 Å². The fourth-order valence-corrected chi connectivity index (χ4v) is 3.07. The van der Waals surface area contributed by atoms with E-state index in [0.29, 0.717) is 18.4 Å². The Kier molecular flexibility index (Phi) is 7.55. The van der Waals surface area contributed by atoms with Crippen LogP contribution in [0.1, 0.15) is 24.1 Å². The molecule has 1 aromatic carbocycles. The highest BCUT2D eigenvalue weighted by atomic mass is 32.2. The fourth-order valence-electron chi connectivity index (χ4n) is 2.37. The summed E-state index contributed by atoms with van der Waals surface area (Å²) in [6.45, 7) is 2.45. The number of aromatic nitrogens is 1. The van der Waals surface area contributed by atoms with E-state index < -0.39 is 28.1 Å². The Labute approximate surface area is 166 Å². The van der Waals surface area contributed by atoms with Gasteiger partial charge in [-0.25, -0.2) is 17.8 Å². The third kappa shape index (κ3) is 7.95. The van der Waals surface area contributed by atoms with E-state index >= 15 is 0 Å². The van der Waals surface area contributed by atoms with Gasteiger partial charge >= 0.3 is 6.18 Å². The maximum absolute atomic E-state index is 13.2. The summed E-state index contributed by atoms with van der Waals surface area (Å²) in [4.78, 5) is 3.77. The second kappa shape index (κ2) is 9.51. The molecule has 0 aliphatic carbocycles. The molecule has 6 nitrogen and oxygen atoms in total. The second-order valence-corrected chi connectivity index (χ2v) is 8.29. The van der Waals surface area contributed by atoms with E-state index in [0.717, 1.165) is 6.20 Å². The summed E-state index contributed by atoms with van der Waals surface area (Å²) in [7, 11) is -4.04. The van der Waals surface area contributed by atoms with Crippen molar-refractivity contribution in [1.82, 2.24) is 15.0 Å². The first-order valence-corrected chi connectivity index (χ1v) is 10.4. The molecule has 0 radical (unpaired) electrons. The van der Waals surface area contributed by atoms with Crippen LogP contribution in [0.2, 0.25) is 0 Å². The van der Waals surface area contributed by atoms with Gasteiger partial charge in [0.05, 0.1) is 12.5 Å². The Morgan fingerprint density at radius 2 is 1.79 bits per heavy atom. The van der Waals surface area contributed by atoms with Crippen LogP contribution in [-0.4, -0.2) is 38.5 Å². The molecule has 2 N–H and O–H groups in total. The van der Waals surface area contributed by atoms with E-state index in [9.17, 15) is 26.0 Å². The van der Waals surface area contributed by atoms with Crippen molar-refractivity contribution >= 4 is 10.0 Å². The second-order valence-electron chi connectivity index (χ2n) is 6.51. The molecule has 160 valence electrons. The minimum Gasteiger partial charge on any atom is -0.476 e. The number of ether oxygens (including phenoxy) is 1. The number of hydrogen-bond acceptors (Lipinski definition) is 5. The Morgan fingerprint density at radius 1 is 1.14 bits per heavy atom. The molecular formula is C18H21F4N3O3S. The van der Waals surface area contributed by atoms with Gasteiger partial charge in [0.15, 0.2) is 0 Å². The molecule has 2 atom stereocenters. The summed E-state index contributed by atoms with van der Waals surface area (Å²) in [5, 5.41) is 3.14. The Bertz CT molecular complexity index is 888. The molecule has 2 rings (SSSR count). The topological polar surface area (TPSA) is 80.3 Å². The molecule has 1 aromatic heterocycles. The number of alkyl halides is 3. The molecule has 0 aliphatic rings. The first-order chi connectivity index (χ1) is 13.4. The third-order valence-electron chi connectivity index (χ3n) is 3.81. The fraction of sp³-hybridized carbons (Fsp3) is 0.389. The molecule has 0 bridgehead atoms. The summed E-state index contributed by atoms with van der Waals surface area (Å²) in [6, 6.07) is 5.65. The molecule has 1 heterocycles. The Hall–Kier alpha value is -2.24. The van der Waals surface area contributed by atoms with Crippen molar-refractivity contribution < 1.29 is 30.7 Å². The van der Waals surface area contributed by atoms with E-state index in [4.69, 9.17) is 4.74 Å². The first-order valence-electron chi connectivity index (χ1n) is 8.54. The van der Waals surface area contributed by atoms with E-state index in [1.807, 2.05) is 6.92 Å². The average molecular weight is 435 g/mol. The lowest BCUT2D eigenvalue weighted by Crippen LogP contribution is -2.37. The number of pyridine rings is 1. The van der Waals surface area contributed by atoms with Gasteiger partial charge in [0.1, 0.15) is 18.5 Å². The number of halogens is 4. The average Bonchev–Trinajstić information content (AvgIpc) is 2.63. The highest BCUT2D eigenvalue weighted by molar-refractivity contribution is 7.88. The highest BCUT2D eigenvalue weighted by Crippen LogP contribution is 2.33. The molecular weight excluding hydrogens is 414 g/mol. The maximum atomic E-state index is 13.2. The lowest BCUT2D eigenvalue weighted by atomic mass is 10.0. The number of sulfonamides is 1. The Balaban J connectivity index is 1.91. The molecule has 0 saturated carbocycles. The number of nitrogens with zero attached hydrogens (tertiary/aromatic N) is 1. The summed E-state index contributed by atoms with van der Waals surface area (Å²) < 4.78 is 81.7. The SMILES string of the molecule is CC(COc1ccc(F)cn1)NCc1ccc(C(NS(C)(=O)=O)C(F)(F)F)cc1. The van der Waals surface area contributed by atoms with Crippen LogP contribution in [0.15, 0.2) is 42.6 Å². The molecule has 0 aliphatic heterocycles. The van der Waals surface area contributed by atoms with E-state index in [1.165, 1.54) is 36.4 Å². The zero-order valence-corrected chi connectivity index (χ0v) is 16.5. The van der Waals surface area contributed by atoms with Crippen LogP contribution in [0, 0.1) is 5.82 Å². The highest BCUT2D eigenvalue weighted by Gasteiger charge is 2.42. The smallest absolute Gasteiger partial charge is 0.408 e. The van der Waals surface area contributed by atoms with Crippen LogP contribution in [-0.2, 0) is 16.6 Å². The minimum absolute atomic E-state index is 0.114. The van der Waals surface area contributed by atoms with Crippen molar-refractivity contribution in [1.29, 1.82) is 0 Å². The van der Waals surface area contributed by atoms with Gasteiger partial charge in [0.2, 0.25) is 15.9 Å². The summed E-state index contributed by atoms with van der Waals surface area (Å²) in [6.07, 6.45) is -3.04. The van der Waals surface area contributed by atoms with E-state index in [1.54, 1.807) is 4.72 Å². The number of benzene rings is 1. The van der Waals surface area contributed by atoms with Crippen molar-refractivity contribution in [3.63, 3.8) is 0 Å². The summed E-state index contributed by atoms with van der Waals surface area (Å²) in [5.74, 6) is -0.188. The molecule has 2 unspecified atom stereocenters. The third-order valence-corrected chi connectivity index (χ3v) is 4.47. The molecule has 0 spiro atoms. The van der Waals surface area contributed by atoms with Gasteiger partial charge in [-0.05, 0) is 24.1 Å². The van der Waals surface area contributed by atoms with E-state index in [2.05, 4.69) is 10.3 Å². The standard InChI is InChI=1S/C18H21F4N3O3S/c1-12(11-28-16-8-7-15(19)10-24-16)23-9-13-3-5-14(6-4-13)17(18(20,21)22)25-29(2,26)27/h3-8,10,12,17,23,25H,9,11H2,1-2H3. The molecule has 11 heteroatoms. The normalized spacial score (nSPS) is 14.4. The summed E-state index contributed by atoms with van der Waals surface area (Å²) in [5.41, 5.74) is 0.506. The molecule has 29 heavy (non-hydrogen) atoms. The number of hydrogen-bond donors (Lipinski definition) is 2. The Morgan fingerprint density at radius 3 is 2.31 bits per heavy atom. The van der Waals surface area contributed by atoms with Crippen LogP contribution in [0.3, 0.4) is 0 Å². The lowest BCUT2D eigenvalue weighted by molar-refractivity contribution is -0.153. The largest absolute Gasteiger partial charge is 0.476 e. The van der Waals surface area contributed by atoms with Gasteiger partial charge < -0.3 is 10.1 Å². The first kappa shape index (κ1) is 23.0. The number of nitrogens with one attached hydrogen (secondary N) is 2. The molecule has 0 saturated heterocycles. The lowest BCUT2D eigenvalue weighted by Gasteiger charge is -2.21. The minimum atomic E-state index is -4.76. The predicted molar refractivity (Wildman–Crippen MR) is 99.2 cm³/mol. The van der Waals surface area contributed by atoms with Gasteiger partial charge in [-0.15, -0.1) is 0 Å². The van der Waals surface area contributed by atoms with Crippen LogP contribution in [0.5, 0.6) is 5.88 Å². The van der Waals surface area contributed by atoms with Gasteiger partial charge in [-0.2, -0.15) is 17.9 Å². The summed E-state index contributed by atoms with van der Waals surface area (Å²) >= 11 is 0. The van der Waals surface area contributed by atoms with Crippen LogP contribution >= 0.6 is 0 Å². The van der Waals surface area contributed by atoms with Gasteiger partial charge in [-0.1, -0.05) is 24.3 Å². The van der Waals surface area contributed by atoms with Crippen LogP contribution in [0.4, 0.5) is 17.6 Å². The van der Waals surface area contributed by atoms with Crippen molar-refractivity contribution in [2.45, 2.75) is 31.7 Å². The monoisotopic (exact) mass is 435 g/mol. The van der Waals surface area contributed by atoms with Crippen molar-refractivity contribution in [2.24, 2.45) is 0 Å².